The molecular weight excluding hydrogens is 547 g/mol. The summed E-state index contributed by atoms with van der Waals surface area (Å²) in [4.78, 5) is 14.9. The molecule has 1 saturated heterocycles. The van der Waals surface area contributed by atoms with Gasteiger partial charge in [-0.05, 0) is 48.0 Å². The van der Waals surface area contributed by atoms with E-state index in [1.54, 1.807) is 48.5 Å². The van der Waals surface area contributed by atoms with Crippen molar-refractivity contribution >= 4 is 80.8 Å². The lowest BCUT2D eigenvalue weighted by Gasteiger charge is -2.16. The van der Waals surface area contributed by atoms with Crippen LogP contribution in [-0.2, 0) is 11.4 Å². The van der Waals surface area contributed by atoms with E-state index in [-0.39, 0.29) is 12.5 Å². The number of hydrogen-bond acceptors (Lipinski definition) is 6. The van der Waals surface area contributed by atoms with E-state index in [0.29, 0.717) is 52.6 Å². The molecule has 0 bridgehead atoms. The van der Waals surface area contributed by atoms with Crippen molar-refractivity contribution in [3.8, 4) is 17.6 Å². The summed E-state index contributed by atoms with van der Waals surface area (Å²) in [5.41, 5.74) is 2.32. The fourth-order valence-corrected chi connectivity index (χ4v) is 5.41. The lowest BCUT2D eigenvalue weighted by atomic mass is 10.1. The van der Waals surface area contributed by atoms with Crippen molar-refractivity contribution in [2.75, 3.05) is 12.0 Å². The molecule has 10 heteroatoms. The standard InChI is InChI=1S/C25H15Cl3N2O3S2/c1-32-21-9-14(8-19(28)23(21)33-13-16-5-3-2-4-15(16)12-29)10-22-24(31)30(25(34)35-22)20-7-6-17(26)11-18(20)27/h2-11H,13H2,1H3/b22-10+. The molecule has 0 atom stereocenters. The van der Waals surface area contributed by atoms with Crippen LogP contribution in [0.1, 0.15) is 16.7 Å². The predicted octanol–water partition coefficient (Wildman–Crippen LogP) is 7.51. The molecule has 0 aliphatic carbocycles. The van der Waals surface area contributed by atoms with Crippen molar-refractivity contribution in [2.24, 2.45) is 0 Å². The van der Waals surface area contributed by atoms with Gasteiger partial charge in [0, 0.05) is 10.6 Å². The lowest BCUT2D eigenvalue weighted by Crippen LogP contribution is -2.27. The molecule has 3 aromatic carbocycles. The molecule has 0 unspecified atom stereocenters. The number of amides is 1. The maximum absolute atomic E-state index is 13.1. The Bertz CT molecular complexity index is 1420. The number of methoxy groups -OCH3 is 1. The third-order valence-corrected chi connectivity index (χ3v) is 7.12. The van der Waals surface area contributed by atoms with Gasteiger partial charge in [-0.1, -0.05) is 77.0 Å². The second-order valence-electron chi connectivity index (χ2n) is 7.20. The van der Waals surface area contributed by atoms with Gasteiger partial charge >= 0.3 is 0 Å². The molecule has 1 aliphatic heterocycles. The number of carbonyl (C=O) groups excluding carboxylic acids is 1. The van der Waals surface area contributed by atoms with Gasteiger partial charge in [0.25, 0.3) is 5.91 Å². The third kappa shape index (κ3) is 5.43. The van der Waals surface area contributed by atoms with Crippen molar-refractivity contribution in [1.82, 2.24) is 0 Å². The minimum Gasteiger partial charge on any atom is -0.493 e. The summed E-state index contributed by atoms with van der Waals surface area (Å²) < 4.78 is 11.7. The van der Waals surface area contributed by atoms with Gasteiger partial charge < -0.3 is 9.47 Å². The van der Waals surface area contributed by atoms with E-state index in [1.165, 1.54) is 12.0 Å². The Labute approximate surface area is 226 Å². The molecule has 0 radical (unpaired) electrons. The average molecular weight is 562 g/mol. The molecule has 0 N–H and O–H groups in total. The molecular formula is C25H15Cl3N2O3S2. The summed E-state index contributed by atoms with van der Waals surface area (Å²) in [6, 6.07) is 17.5. The van der Waals surface area contributed by atoms with Crippen molar-refractivity contribution in [1.29, 1.82) is 5.26 Å². The van der Waals surface area contributed by atoms with Gasteiger partial charge in [-0.25, -0.2) is 0 Å². The molecule has 1 amide bonds. The fourth-order valence-electron chi connectivity index (χ4n) is 3.36. The van der Waals surface area contributed by atoms with Crippen LogP contribution in [-0.4, -0.2) is 17.3 Å². The van der Waals surface area contributed by atoms with Gasteiger partial charge in [0.1, 0.15) is 6.61 Å². The van der Waals surface area contributed by atoms with Crippen molar-refractivity contribution < 1.29 is 14.3 Å². The van der Waals surface area contributed by atoms with E-state index in [1.807, 2.05) is 12.1 Å². The summed E-state index contributed by atoms with van der Waals surface area (Å²) >= 11 is 25.3. The zero-order valence-electron chi connectivity index (χ0n) is 18.1. The Morgan fingerprint density at radius 2 is 1.89 bits per heavy atom. The molecule has 4 rings (SSSR count). The van der Waals surface area contributed by atoms with E-state index in [0.717, 1.165) is 17.3 Å². The Hall–Kier alpha value is -2.73. The predicted molar refractivity (Wildman–Crippen MR) is 146 cm³/mol. The van der Waals surface area contributed by atoms with Crippen LogP contribution in [0.3, 0.4) is 0 Å². The number of rotatable bonds is 6. The number of nitriles is 1. The molecule has 176 valence electrons. The second kappa shape index (κ2) is 10.9. The molecule has 35 heavy (non-hydrogen) atoms. The molecule has 0 aromatic heterocycles. The Kier molecular flexibility index (Phi) is 7.90. The highest BCUT2D eigenvalue weighted by molar-refractivity contribution is 8.27. The molecule has 1 fully saturated rings. The minimum absolute atomic E-state index is 0.139. The number of carbonyl (C=O) groups is 1. The smallest absolute Gasteiger partial charge is 0.270 e. The Balaban J connectivity index is 1.60. The highest BCUT2D eigenvalue weighted by atomic mass is 35.5. The molecule has 1 heterocycles. The van der Waals surface area contributed by atoms with E-state index in [2.05, 4.69) is 6.07 Å². The van der Waals surface area contributed by atoms with E-state index < -0.39 is 0 Å². The number of halogens is 3. The number of thiocarbonyl (C=S) groups is 1. The van der Waals surface area contributed by atoms with Gasteiger partial charge in [0.15, 0.2) is 15.8 Å². The largest absolute Gasteiger partial charge is 0.493 e. The lowest BCUT2D eigenvalue weighted by molar-refractivity contribution is -0.113. The second-order valence-corrected chi connectivity index (χ2v) is 10.1. The topological polar surface area (TPSA) is 62.6 Å². The fraction of sp³-hybridized carbons (Fsp3) is 0.0800. The van der Waals surface area contributed by atoms with Crippen molar-refractivity contribution in [2.45, 2.75) is 6.61 Å². The van der Waals surface area contributed by atoms with E-state index >= 15 is 0 Å². The van der Waals surface area contributed by atoms with Gasteiger partial charge in [0.05, 0.1) is 39.4 Å². The summed E-state index contributed by atoms with van der Waals surface area (Å²) in [6.07, 6.45) is 1.67. The molecule has 1 aliphatic rings. The summed E-state index contributed by atoms with van der Waals surface area (Å²) in [6.45, 7) is 0.139. The van der Waals surface area contributed by atoms with Crippen LogP contribution >= 0.6 is 58.8 Å². The van der Waals surface area contributed by atoms with Crippen LogP contribution in [0.2, 0.25) is 15.1 Å². The monoisotopic (exact) mass is 560 g/mol. The Morgan fingerprint density at radius 1 is 1.11 bits per heavy atom. The van der Waals surface area contributed by atoms with E-state index in [4.69, 9.17) is 56.5 Å². The van der Waals surface area contributed by atoms with Gasteiger partial charge in [0.2, 0.25) is 0 Å². The number of nitrogens with zero attached hydrogens (tertiary/aromatic N) is 2. The first kappa shape index (κ1) is 25.4. The zero-order chi connectivity index (χ0) is 25.1. The normalized spacial score (nSPS) is 14.4. The first-order chi connectivity index (χ1) is 16.8. The van der Waals surface area contributed by atoms with E-state index in [9.17, 15) is 10.1 Å². The third-order valence-electron chi connectivity index (χ3n) is 5.00. The Morgan fingerprint density at radius 3 is 2.60 bits per heavy atom. The number of anilines is 1. The highest BCUT2D eigenvalue weighted by Gasteiger charge is 2.34. The zero-order valence-corrected chi connectivity index (χ0v) is 22.0. The van der Waals surface area contributed by atoms with Crippen LogP contribution in [0.25, 0.3) is 6.08 Å². The highest BCUT2D eigenvalue weighted by Crippen LogP contribution is 2.42. The first-order valence-corrected chi connectivity index (χ1v) is 12.4. The van der Waals surface area contributed by atoms with Crippen molar-refractivity contribution in [3.05, 3.63) is 91.3 Å². The van der Waals surface area contributed by atoms with Crippen LogP contribution < -0.4 is 14.4 Å². The maximum atomic E-state index is 13.1. The maximum Gasteiger partial charge on any atom is 0.270 e. The van der Waals surface area contributed by atoms with Crippen LogP contribution in [0.4, 0.5) is 5.69 Å². The number of hydrogen-bond donors (Lipinski definition) is 0. The molecule has 0 spiro atoms. The summed E-state index contributed by atoms with van der Waals surface area (Å²) in [5, 5.41) is 10.4. The quantitative estimate of drug-likeness (QED) is 0.229. The van der Waals surface area contributed by atoms with Gasteiger partial charge in [-0.15, -0.1) is 0 Å². The van der Waals surface area contributed by atoms with Gasteiger partial charge in [-0.3, -0.25) is 9.69 Å². The van der Waals surface area contributed by atoms with Crippen molar-refractivity contribution in [3.63, 3.8) is 0 Å². The molecule has 0 saturated carbocycles. The summed E-state index contributed by atoms with van der Waals surface area (Å²) in [5.74, 6) is 0.404. The number of benzene rings is 3. The number of thioether (sulfide) groups is 1. The van der Waals surface area contributed by atoms with Crippen LogP contribution in [0.15, 0.2) is 59.5 Å². The first-order valence-electron chi connectivity index (χ1n) is 10.0. The summed E-state index contributed by atoms with van der Waals surface area (Å²) in [7, 11) is 1.49. The molecule has 3 aromatic rings. The van der Waals surface area contributed by atoms with Gasteiger partial charge in [-0.2, -0.15) is 5.26 Å². The van der Waals surface area contributed by atoms with Crippen LogP contribution in [0.5, 0.6) is 11.5 Å². The molecule has 5 nitrogen and oxygen atoms in total. The minimum atomic E-state index is -0.312. The van der Waals surface area contributed by atoms with Crippen LogP contribution in [0, 0.1) is 11.3 Å². The average Bonchev–Trinajstić information content (AvgIpc) is 3.10. The SMILES string of the molecule is COc1cc(/C=C2/SC(=S)N(c3ccc(Cl)cc3Cl)C2=O)cc(Cl)c1OCc1ccccc1C#N. The number of ether oxygens (including phenoxy) is 2.